The van der Waals surface area contributed by atoms with Crippen LogP contribution in [0.15, 0.2) is 11.1 Å². The number of hydrogen-bond donors (Lipinski definition) is 0. The van der Waals surface area contributed by atoms with Crippen LogP contribution in [0.5, 0.6) is 0 Å². The summed E-state index contributed by atoms with van der Waals surface area (Å²) in [6, 6.07) is 4.29. The van der Waals surface area contributed by atoms with Gasteiger partial charge in [-0.05, 0) is 47.8 Å². The zero-order valence-corrected chi connectivity index (χ0v) is 17.1. The first-order chi connectivity index (χ1) is 12.6. The Labute approximate surface area is 169 Å². The molecule has 8 atom stereocenters. The second-order valence-corrected chi connectivity index (χ2v) is 12.4. The van der Waals surface area contributed by atoms with Gasteiger partial charge in [0.05, 0.1) is 5.92 Å². The predicted molar refractivity (Wildman–Crippen MR) is 107 cm³/mol. The van der Waals surface area contributed by atoms with Crippen molar-refractivity contribution in [3.05, 3.63) is 11.1 Å². The summed E-state index contributed by atoms with van der Waals surface area (Å²) in [7, 11) is 0. The molecule has 0 spiro atoms. The van der Waals surface area contributed by atoms with Crippen molar-refractivity contribution in [2.75, 3.05) is 11.5 Å². The Kier molecular flexibility index (Phi) is 4.40. The quantitative estimate of drug-likeness (QED) is 0.599. The molecule has 5 aliphatic rings. The Bertz CT molecular complexity index is 797. The van der Waals surface area contributed by atoms with E-state index in [4.69, 9.17) is 0 Å². The van der Waals surface area contributed by atoms with Crippen molar-refractivity contribution in [3.63, 3.8) is 0 Å². The van der Waals surface area contributed by atoms with Crippen molar-refractivity contribution < 1.29 is 9.59 Å². The van der Waals surface area contributed by atoms with E-state index in [1.165, 1.54) is 0 Å². The van der Waals surface area contributed by atoms with Crippen LogP contribution >= 0.6 is 47.0 Å². The van der Waals surface area contributed by atoms with Gasteiger partial charge in [-0.15, -0.1) is 0 Å². The molecule has 0 N–H and O–H groups in total. The second-order valence-electron chi connectivity index (χ2n) is 7.44. The van der Waals surface area contributed by atoms with E-state index < -0.39 is 0 Å². The lowest BCUT2D eigenvalue weighted by Crippen LogP contribution is -2.30. The fraction of sp³-hybridized carbons (Fsp3) is 0.667. The minimum absolute atomic E-state index is 0.0569. The molecule has 8 heteroatoms. The Morgan fingerprint density at radius 1 is 0.962 bits per heavy atom. The van der Waals surface area contributed by atoms with Crippen molar-refractivity contribution in [1.29, 1.82) is 10.5 Å². The number of hydrogen-bond acceptors (Lipinski definition) is 8. The molecule has 5 fully saturated rings. The van der Waals surface area contributed by atoms with E-state index in [1.54, 1.807) is 11.8 Å². The molecule has 4 aliphatic heterocycles. The Morgan fingerprint density at radius 2 is 1.77 bits per heavy atom. The molecule has 0 aromatic heterocycles. The zero-order chi connectivity index (χ0) is 18.0. The molecule has 0 amide bonds. The van der Waals surface area contributed by atoms with Gasteiger partial charge in [0.15, 0.2) is 0 Å². The van der Waals surface area contributed by atoms with Crippen molar-refractivity contribution >= 4 is 57.3 Å². The van der Waals surface area contributed by atoms with Crippen LogP contribution < -0.4 is 0 Å². The van der Waals surface area contributed by atoms with E-state index in [9.17, 15) is 20.1 Å². The third-order valence-corrected chi connectivity index (χ3v) is 12.5. The van der Waals surface area contributed by atoms with Crippen LogP contribution in [0.2, 0.25) is 0 Å². The third-order valence-electron chi connectivity index (χ3n) is 6.38. The summed E-state index contributed by atoms with van der Waals surface area (Å²) < 4.78 is 0. The molecular formula is C18H16N2O2S4. The number of rotatable bonds is 1. The van der Waals surface area contributed by atoms with Gasteiger partial charge in [0.25, 0.3) is 0 Å². The van der Waals surface area contributed by atoms with Crippen molar-refractivity contribution in [2.45, 2.75) is 33.8 Å². The second kappa shape index (κ2) is 6.51. The lowest BCUT2D eigenvalue weighted by atomic mass is 9.85. The lowest BCUT2D eigenvalue weighted by molar-refractivity contribution is -0.118. The van der Waals surface area contributed by atoms with E-state index in [2.05, 4.69) is 12.1 Å². The van der Waals surface area contributed by atoms with E-state index in [1.807, 2.05) is 23.5 Å². The van der Waals surface area contributed by atoms with Gasteiger partial charge in [0.2, 0.25) is 10.2 Å². The molecule has 1 saturated carbocycles. The highest BCUT2D eigenvalue weighted by Crippen LogP contribution is 2.63. The van der Waals surface area contributed by atoms with E-state index >= 15 is 0 Å². The summed E-state index contributed by atoms with van der Waals surface area (Å²) in [4.78, 5) is 24.4. The van der Waals surface area contributed by atoms with Crippen LogP contribution in [0.3, 0.4) is 0 Å². The van der Waals surface area contributed by atoms with Gasteiger partial charge in [-0.25, -0.2) is 0 Å². The predicted octanol–water partition coefficient (Wildman–Crippen LogP) is 3.10. The molecule has 0 aromatic carbocycles. The largest absolute Gasteiger partial charge is 0.286 e. The summed E-state index contributed by atoms with van der Waals surface area (Å²) in [6.45, 7) is 0. The van der Waals surface area contributed by atoms with Crippen LogP contribution in [0, 0.1) is 46.3 Å². The highest BCUT2D eigenvalue weighted by molar-refractivity contribution is 8.27. The number of nitrogens with zero attached hydrogens (tertiary/aromatic N) is 2. The third kappa shape index (κ3) is 2.38. The monoisotopic (exact) mass is 420 g/mol. The maximum absolute atomic E-state index is 12.3. The molecular weight excluding hydrogens is 404 g/mol. The minimum Gasteiger partial charge on any atom is -0.286 e. The Balaban J connectivity index is 1.45. The first kappa shape index (κ1) is 17.6. The smallest absolute Gasteiger partial charge is 0.201 e. The fourth-order valence-electron chi connectivity index (χ4n) is 5.37. The zero-order valence-electron chi connectivity index (χ0n) is 13.8. The average Bonchev–Trinajstić information content (AvgIpc) is 3.39. The summed E-state index contributed by atoms with van der Waals surface area (Å²) >= 11 is 6.69. The summed E-state index contributed by atoms with van der Waals surface area (Å²) in [5.74, 6) is 2.32. The maximum Gasteiger partial charge on any atom is 0.201 e. The van der Waals surface area contributed by atoms with E-state index in [0.717, 1.165) is 41.7 Å². The first-order valence-corrected chi connectivity index (χ1v) is 12.7. The number of nitriles is 2. The maximum atomic E-state index is 12.3. The molecule has 8 unspecified atom stereocenters. The number of allylic oxidation sites excluding steroid dienone is 2. The molecule has 134 valence electrons. The normalized spacial score (nSPS) is 46.0. The van der Waals surface area contributed by atoms with Gasteiger partial charge in [0, 0.05) is 32.7 Å². The van der Waals surface area contributed by atoms with Crippen LogP contribution in [-0.2, 0) is 9.59 Å². The average molecular weight is 421 g/mol. The Hall–Kier alpha value is -0.540. The molecule has 1 aliphatic carbocycles. The summed E-state index contributed by atoms with van der Waals surface area (Å²) in [6.07, 6.45) is 2.01. The molecule has 0 radical (unpaired) electrons. The van der Waals surface area contributed by atoms with Crippen molar-refractivity contribution in [3.8, 4) is 12.1 Å². The molecule has 5 rings (SSSR count). The number of fused-ring (bicyclic) bond motifs is 4. The first-order valence-electron chi connectivity index (χ1n) is 8.82. The fourth-order valence-corrected chi connectivity index (χ4v) is 12.5. The van der Waals surface area contributed by atoms with Gasteiger partial charge in [-0.3, -0.25) is 9.59 Å². The van der Waals surface area contributed by atoms with Gasteiger partial charge in [-0.1, -0.05) is 0 Å². The van der Waals surface area contributed by atoms with Gasteiger partial charge >= 0.3 is 0 Å². The standard InChI is InChI=1S/C18H16N2O2S4/c19-4-7(5-20)12-8-1-2-23-14(8)15-9(12)3-11(25-15)16-13-10(6-24-16)17(21)26-18(13)22/h8-11,13-16H,1-3,6H2. The molecule has 4 saturated heterocycles. The van der Waals surface area contributed by atoms with Gasteiger partial charge in [0.1, 0.15) is 17.7 Å². The Morgan fingerprint density at radius 3 is 2.54 bits per heavy atom. The molecule has 0 bridgehead atoms. The number of carbonyl (C=O) groups excluding carboxylic acids is 2. The molecule has 4 nitrogen and oxygen atoms in total. The number of carbonyl (C=O) groups is 2. The highest BCUT2D eigenvalue weighted by atomic mass is 32.2. The van der Waals surface area contributed by atoms with Crippen LogP contribution in [0.25, 0.3) is 0 Å². The summed E-state index contributed by atoms with van der Waals surface area (Å²) in [5.41, 5.74) is 1.43. The van der Waals surface area contributed by atoms with E-state index in [0.29, 0.717) is 33.2 Å². The SMILES string of the molecule is N#CC(C#N)=C1C2CCSC2C2SC(C3SCC4C(=O)SC(=O)C43)CC12. The van der Waals surface area contributed by atoms with Crippen LogP contribution in [-0.4, -0.2) is 42.7 Å². The van der Waals surface area contributed by atoms with Crippen LogP contribution in [0.4, 0.5) is 0 Å². The summed E-state index contributed by atoms with van der Waals surface area (Å²) in [5, 5.41) is 20.5. The highest BCUT2D eigenvalue weighted by Gasteiger charge is 2.60. The van der Waals surface area contributed by atoms with Crippen LogP contribution in [0.1, 0.15) is 12.8 Å². The lowest BCUT2D eigenvalue weighted by Gasteiger charge is -2.24. The molecule has 4 heterocycles. The minimum atomic E-state index is -0.125. The topological polar surface area (TPSA) is 81.7 Å². The molecule has 26 heavy (non-hydrogen) atoms. The van der Waals surface area contributed by atoms with E-state index in [-0.39, 0.29) is 27.3 Å². The number of thioether (sulfide) groups is 4. The van der Waals surface area contributed by atoms with Gasteiger partial charge < -0.3 is 0 Å². The van der Waals surface area contributed by atoms with Crippen molar-refractivity contribution in [1.82, 2.24) is 0 Å². The molecule has 0 aromatic rings. The van der Waals surface area contributed by atoms with Crippen molar-refractivity contribution in [2.24, 2.45) is 23.7 Å². The van der Waals surface area contributed by atoms with Gasteiger partial charge in [-0.2, -0.15) is 45.8 Å².